The molecule has 1 unspecified atom stereocenters. The maximum absolute atomic E-state index is 10.8. The van der Waals surface area contributed by atoms with Gasteiger partial charge < -0.3 is 9.52 Å². The third-order valence-electron chi connectivity index (χ3n) is 2.12. The summed E-state index contributed by atoms with van der Waals surface area (Å²) in [5, 5.41) is 8.84. The highest BCUT2D eigenvalue weighted by Crippen LogP contribution is 2.31. The molecule has 0 aliphatic heterocycles. The van der Waals surface area contributed by atoms with E-state index in [1.54, 1.807) is 13.8 Å². The second kappa shape index (κ2) is 3.54. The van der Waals surface area contributed by atoms with E-state index in [0.29, 0.717) is 10.4 Å². The Morgan fingerprint density at radius 2 is 2.08 bits per heavy atom. The van der Waals surface area contributed by atoms with Crippen molar-refractivity contribution >= 4 is 21.9 Å². The number of rotatable bonds is 2. The monoisotopic (exact) mass is 246 g/mol. The summed E-state index contributed by atoms with van der Waals surface area (Å²) < 4.78 is 5.89. The molecule has 0 spiro atoms. The van der Waals surface area contributed by atoms with E-state index in [4.69, 9.17) is 9.52 Å². The second-order valence-corrected chi connectivity index (χ2v) is 3.75. The van der Waals surface area contributed by atoms with Crippen LogP contribution in [0.4, 0.5) is 0 Å². The number of aliphatic carboxylic acids is 1. The Kier molecular flexibility index (Phi) is 2.81. The van der Waals surface area contributed by atoms with Crippen LogP contribution in [-0.4, -0.2) is 11.1 Å². The quantitative estimate of drug-likeness (QED) is 0.874. The second-order valence-electron chi connectivity index (χ2n) is 3.03. The molecule has 4 heteroatoms. The molecule has 0 aliphatic carbocycles. The third-order valence-corrected chi connectivity index (χ3v) is 2.88. The number of aryl methyl sites for hydroxylation is 1. The fourth-order valence-corrected chi connectivity index (χ4v) is 1.85. The lowest BCUT2D eigenvalue weighted by Gasteiger charge is -2.05. The molecule has 1 rings (SSSR count). The fraction of sp³-hybridized carbons (Fsp3) is 0.444. The summed E-state index contributed by atoms with van der Waals surface area (Å²) in [7, 11) is 0. The molecule has 1 heterocycles. The van der Waals surface area contributed by atoms with E-state index in [1.165, 1.54) is 0 Å². The van der Waals surface area contributed by atoms with Crippen LogP contribution in [0.1, 0.15) is 29.7 Å². The highest BCUT2D eigenvalue weighted by atomic mass is 79.9. The predicted molar refractivity (Wildman–Crippen MR) is 51.9 cm³/mol. The van der Waals surface area contributed by atoms with E-state index in [9.17, 15) is 4.79 Å². The van der Waals surface area contributed by atoms with Crippen molar-refractivity contribution in [1.29, 1.82) is 0 Å². The van der Waals surface area contributed by atoms with Gasteiger partial charge in [0.15, 0.2) is 4.67 Å². The summed E-state index contributed by atoms with van der Waals surface area (Å²) in [6, 6.07) is 0. The molecule has 1 aromatic heterocycles. The van der Waals surface area contributed by atoms with Crippen molar-refractivity contribution < 1.29 is 14.3 Å². The summed E-state index contributed by atoms with van der Waals surface area (Å²) in [6.07, 6.45) is 0. The molecule has 0 aromatic carbocycles. The highest BCUT2D eigenvalue weighted by Gasteiger charge is 2.22. The van der Waals surface area contributed by atoms with Crippen LogP contribution in [-0.2, 0) is 4.79 Å². The van der Waals surface area contributed by atoms with Gasteiger partial charge in [0.25, 0.3) is 0 Å². The molecule has 1 atom stereocenters. The Hall–Kier alpha value is -0.770. The van der Waals surface area contributed by atoms with Crippen LogP contribution >= 0.6 is 15.9 Å². The zero-order chi connectivity index (χ0) is 10.2. The first-order valence-electron chi connectivity index (χ1n) is 3.93. The van der Waals surface area contributed by atoms with Crippen LogP contribution in [0.25, 0.3) is 0 Å². The van der Waals surface area contributed by atoms with Gasteiger partial charge in [-0.25, -0.2) is 0 Å². The van der Waals surface area contributed by atoms with E-state index in [2.05, 4.69) is 15.9 Å². The molecule has 0 saturated carbocycles. The Bertz CT molecular complexity index is 341. The van der Waals surface area contributed by atoms with Crippen molar-refractivity contribution in [3.8, 4) is 0 Å². The van der Waals surface area contributed by atoms with E-state index in [0.717, 1.165) is 11.1 Å². The molecule has 0 bridgehead atoms. The van der Waals surface area contributed by atoms with Crippen molar-refractivity contribution in [3.05, 3.63) is 21.6 Å². The number of hydrogen-bond acceptors (Lipinski definition) is 2. The third kappa shape index (κ3) is 1.77. The Labute approximate surface area is 84.9 Å². The Balaban J connectivity index is 3.20. The normalized spacial score (nSPS) is 12.9. The topological polar surface area (TPSA) is 50.4 Å². The number of carboxylic acids is 1. The van der Waals surface area contributed by atoms with Crippen molar-refractivity contribution in [2.24, 2.45) is 0 Å². The van der Waals surface area contributed by atoms with Crippen molar-refractivity contribution in [1.82, 2.24) is 0 Å². The van der Waals surface area contributed by atoms with Crippen LogP contribution < -0.4 is 0 Å². The number of halogens is 1. The summed E-state index contributed by atoms with van der Waals surface area (Å²) in [6.45, 7) is 5.27. The minimum Gasteiger partial charge on any atom is -0.481 e. The molecule has 0 saturated heterocycles. The fourth-order valence-electron chi connectivity index (χ4n) is 1.39. The molecule has 0 fully saturated rings. The number of carboxylic acid groups (broad SMARTS) is 1. The van der Waals surface area contributed by atoms with Crippen LogP contribution in [0.2, 0.25) is 0 Å². The highest BCUT2D eigenvalue weighted by molar-refractivity contribution is 9.10. The molecule has 1 N–H and O–H groups in total. The molecule has 13 heavy (non-hydrogen) atoms. The summed E-state index contributed by atoms with van der Waals surface area (Å²) in [4.78, 5) is 10.8. The molecule has 0 radical (unpaired) electrons. The Morgan fingerprint density at radius 1 is 1.54 bits per heavy atom. The van der Waals surface area contributed by atoms with Crippen LogP contribution in [0.15, 0.2) is 9.09 Å². The van der Waals surface area contributed by atoms with Crippen LogP contribution in [0.5, 0.6) is 0 Å². The summed E-state index contributed by atoms with van der Waals surface area (Å²) in [5.41, 5.74) is 1.63. The first kappa shape index (κ1) is 10.3. The zero-order valence-electron chi connectivity index (χ0n) is 7.72. The lowest BCUT2D eigenvalue weighted by Crippen LogP contribution is -2.08. The minimum atomic E-state index is -0.834. The van der Waals surface area contributed by atoms with Gasteiger partial charge in [-0.2, -0.15) is 0 Å². The summed E-state index contributed by atoms with van der Waals surface area (Å²) in [5.74, 6) is -0.686. The van der Waals surface area contributed by atoms with Gasteiger partial charge in [-0.05, 0) is 36.7 Å². The maximum atomic E-state index is 10.8. The molecular formula is C9H11BrO3. The van der Waals surface area contributed by atoms with Gasteiger partial charge in [0.05, 0.1) is 5.92 Å². The number of carbonyl (C=O) groups is 1. The van der Waals surface area contributed by atoms with Crippen LogP contribution in [0.3, 0.4) is 0 Å². The van der Waals surface area contributed by atoms with Gasteiger partial charge in [-0.3, -0.25) is 4.79 Å². The van der Waals surface area contributed by atoms with Gasteiger partial charge in [-0.15, -0.1) is 0 Å². The Morgan fingerprint density at radius 3 is 2.38 bits per heavy atom. The zero-order valence-corrected chi connectivity index (χ0v) is 9.31. The standard InChI is InChI=1S/C9H11BrO3/c1-4-7(5(2)9(11)12)6(3)13-8(4)10/h5H,1-3H3,(H,11,12). The SMILES string of the molecule is Cc1oc(Br)c(C)c1C(C)C(=O)O. The molecule has 0 amide bonds. The van der Waals surface area contributed by atoms with Crippen molar-refractivity contribution in [3.63, 3.8) is 0 Å². The largest absolute Gasteiger partial charge is 0.481 e. The van der Waals surface area contributed by atoms with Crippen molar-refractivity contribution in [2.75, 3.05) is 0 Å². The van der Waals surface area contributed by atoms with E-state index >= 15 is 0 Å². The molecular weight excluding hydrogens is 236 g/mol. The molecule has 72 valence electrons. The average Bonchev–Trinajstić information content (AvgIpc) is 2.26. The van der Waals surface area contributed by atoms with Gasteiger partial charge in [0.2, 0.25) is 0 Å². The summed E-state index contributed by atoms with van der Waals surface area (Å²) >= 11 is 3.22. The number of hydrogen-bond donors (Lipinski definition) is 1. The minimum absolute atomic E-state index is 0.518. The average molecular weight is 247 g/mol. The maximum Gasteiger partial charge on any atom is 0.310 e. The van der Waals surface area contributed by atoms with E-state index in [-0.39, 0.29) is 0 Å². The van der Waals surface area contributed by atoms with Gasteiger partial charge in [0.1, 0.15) is 5.76 Å². The van der Waals surface area contributed by atoms with E-state index < -0.39 is 11.9 Å². The lowest BCUT2D eigenvalue weighted by molar-refractivity contribution is -0.138. The molecule has 3 nitrogen and oxygen atoms in total. The van der Waals surface area contributed by atoms with Gasteiger partial charge >= 0.3 is 5.97 Å². The molecule has 1 aromatic rings. The van der Waals surface area contributed by atoms with Gasteiger partial charge in [-0.1, -0.05) is 0 Å². The number of furan rings is 1. The van der Waals surface area contributed by atoms with Crippen LogP contribution in [0, 0.1) is 13.8 Å². The first-order valence-corrected chi connectivity index (χ1v) is 4.72. The first-order chi connectivity index (χ1) is 5.95. The smallest absolute Gasteiger partial charge is 0.310 e. The predicted octanol–water partition coefficient (Wildman–Crippen LogP) is 2.85. The molecule has 0 aliphatic rings. The van der Waals surface area contributed by atoms with Crippen molar-refractivity contribution in [2.45, 2.75) is 26.7 Å². The van der Waals surface area contributed by atoms with E-state index in [1.807, 2.05) is 6.92 Å². The lowest BCUT2D eigenvalue weighted by atomic mass is 9.99. The van der Waals surface area contributed by atoms with Gasteiger partial charge in [0, 0.05) is 11.1 Å².